The van der Waals surface area contributed by atoms with Gasteiger partial charge in [0, 0.05) is 25.7 Å². The van der Waals surface area contributed by atoms with Crippen molar-refractivity contribution < 1.29 is 9.90 Å². The van der Waals surface area contributed by atoms with E-state index in [2.05, 4.69) is 15.1 Å². The first-order chi connectivity index (χ1) is 11.6. The molecule has 136 valence electrons. The van der Waals surface area contributed by atoms with Crippen molar-refractivity contribution in [1.82, 2.24) is 24.8 Å². The summed E-state index contributed by atoms with van der Waals surface area (Å²) >= 11 is 0. The molecule has 0 unspecified atom stereocenters. The number of likely N-dealkylation sites (N-methyl/N-ethyl adjacent to an activating group) is 1. The summed E-state index contributed by atoms with van der Waals surface area (Å²) in [5.41, 5.74) is 1.91. The van der Waals surface area contributed by atoms with Gasteiger partial charge in [-0.1, -0.05) is 18.2 Å². The zero-order chi connectivity index (χ0) is 16.9. The van der Waals surface area contributed by atoms with Crippen molar-refractivity contribution in [1.29, 1.82) is 0 Å². The van der Waals surface area contributed by atoms with E-state index in [1.165, 1.54) is 0 Å². The minimum absolute atomic E-state index is 0. The lowest BCUT2D eigenvalue weighted by atomic mass is 10.0. The molecular formula is C17H24ClN5O2. The first kappa shape index (κ1) is 19.4. The van der Waals surface area contributed by atoms with Gasteiger partial charge in [0.05, 0.1) is 24.1 Å². The van der Waals surface area contributed by atoms with Crippen molar-refractivity contribution in [3.05, 3.63) is 42.2 Å². The number of carboxylic acid groups (broad SMARTS) is 1. The van der Waals surface area contributed by atoms with E-state index >= 15 is 0 Å². The van der Waals surface area contributed by atoms with Crippen LogP contribution in [-0.2, 0) is 11.3 Å². The van der Waals surface area contributed by atoms with E-state index < -0.39 is 5.97 Å². The summed E-state index contributed by atoms with van der Waals surface area (Å²) in [4.78, 5) is 16.8. The van der Waals surface area contributed by atoms with Crippen LogP contribution in [-0.4, -0.2) is 68.6 Å². The lowest BCUT2D eigenvalue weighted by Crippen LogP contribution is -2.44. The van der Waals surface area contributed by atoms with Gasteiger partial charge >= 0.3 is 5.97 Å². The van der Waals surface area contributed by atoms with Crippen molar-refractivity contribution in [2.24, 2.45) is 0 Å². The Kier molecular flexibility index (Phi) is 6.92. The van der Waals surface area contributed by atoms with Crippen molar-refractivity contribution in [2.75, 3.05) is 26.7 Å². The number of aromatic nitrogens is 3. The maximum atomic E-state index is 10.8. The van der Waals surface area contributed by atoms with Gasteiger partial charge in [0.1, 0.15) is 0 Å². The molecule has 3 rings (SSSR count). The van der Waals surface area contributed by atoms with E-state index in [1.807, 2.05) is 48.5 Å². The van der Waals surface area contributed by atoms with Gasteiger partial charge in [-0.05, 0) is 32.0 Å². The third kappa shape index (κ3) is 5.26. The summed E-state index contributed by atoms with van der Waals surface area (Å²) in [7, 11) is 1.89. The number of hydrogen-bond acceptors (Lipinski definition) is 5. The number of halogens is 1. The second kappa shape index (κ2) is 8.94. The third-order valence-electron chi connectivity index (χ3n) is 4.48. The van der Waals surface area contributed by atoms with Crippen molar-refractivity contribution in [2.45, 2.75) is 25.4 Å². The molecule has 0 spiro atoms. The fourth-order valence-electron chi connectivity index (χ4n) is 3.14. The molecule has 1 N–H and O–H groups in total. The Labute approximate surface area is 153 Å². The van der Waals surface area contributed by atoms with Gasteiger partial charge in [-0.15, -0.1) is 12.4 Å². The monoisotopic (exact) mass is 365 g/mol. The Morgan fingerprint density at radius 2 is 1.96 bits per heavy atom. The summed E-state index contributed by atoms with van der Waals surface area (Å²) < 4.78 is 0. The van der Waals surface area contributed by atoms with E-state index in [9.17, 15) is 4.79 Å². The maximum absolute atomic E-state index is 10.8. The van der Waals surface area contributed by atoms with Crippen LogP contribution in [0.15, 0.2) is 36.5 Å². The average Bonchev–Trinajstić information content (AvgIpc) is 3.04. The molecule has 0 aliphatic carbocycles. The van der Waals surface area contributed by atoms with Gasteiger partial charge in [-0.25, -0.2) is 0 Å². The molecule has 8 heteroatoms. The highest BCUT2D eigenvalue weighted by Crippen LogP contribution is 2.17. The number of para-hydroxylation sites is 1. The summed E-state index contributed by atoms with van der Waals surface area (Å²) in [6.07, 6.45) is 3.78. The molecule has 0 bridgehead atoms. The smallest absolute Gasteiger partial charge is 0.317 e. The second-order valence-electron chi connectivity index (χ2n) is 6.28. The predicted octanol–water partition coefficient (Wildman–Crippen LogP) is 1.67. The fourth-order valence-corrected chi connectivity index (χ4v) is 3.14. The lowest BCUT2D eigenvalue weighted by Gasteiger charge is -2.35. The number of benzene rings is 1. The van der Waals surface area contributed by atoms with Crippen LogP contribution in [0.1, 0.15) is 18.5 Å². The number of aliphatic carboxylic acids is 1. The van der Waals surface area contributed by atoms with Crippen LogP contribution in [0.3, 0.4) is 0 Å². The van der Waals surface area contributed by atoms with Crippen LogP contribution < -0.4 is 0 Å². The van der Waals surface area contributed by atoms with Crippen LogP contribution >= 0.6 is 12.4 Å². The molecule has 25 heavy (non-hydrogen) atoms. The molecule has 0 amide bonds. The van der Waals surface area contributed by atoms with Crippen LogP contribution in [0.5, 0.6) is 0 Å². The molecule has 1 aliphatic rings. The summed E-state index contributed by atoms with van der Waals surface area (Å²) in [5, 5.41) is 17.8. The van der Waals surface area contributed by atoms with E-state index in [-0.39, 0.29) is 19.0 Å². The Bertz CT molecular complexity index is 671. The highest BCUT2D eigenvalue weighted by Gasteiger charge is 2.24. The van der Waals surface area contributed by atoms with Gasteiger partial charge in [0.15, 0.2) is 0 Å². The van der Waals surface area contributed by atoms with Crippen LogP contribution in [0.4, 0.5) is 0 Å². The number of rotatable bonds is 6. The second-order valence-corrected chi connectivity index (χ2v) is 6.28. The van der Waals surface area contributed by atoms with E-state index in [0.29, 0.717) is 6.04 Å². The molecule has 1 aliphatic heterocycles. The standard InChI is InChI=1S/C17H23N5O2.ClH/c1-20(13-17(23)24)15-7-9-21(10-8-15)12-14-11-18-22(19-14)16-5-3-2-4-6-16;/h2-6,11,15H,7-10,12-13H2,1H3,(H,23,24);1H. The zero-order valence-corrected chi connectivity index (χ0v) is 15.1. The third-order valence-corrected chi connectivity index (χ3v) is 4.48. The normalized spacial score (nSPS) is 15.9. The lowest BCUT2D eigenvalue weighted by molar-refractivity contribution is -0.138. The van der Waals surface area contributed by atoms with Gasteiger partial charge in [-0.2, -0.15) is 15.0 Å². The predicted molar refractivity (Wildman–Crippen MR) is 97.2 cm³/mol. The molecule has 1 aromatic carbocycles. The summed E-state index contributed by atoms with van der Waals surface area (Å²) in [6.45, 7) is 2.79. The SMILES string of the molecule is CN(CC(=O)O)C1CCN(Cc2cnn(-c3ccccc3)n2)CC1.Cl. The number of nitrogens with zero attached hydrogens (tertiary/aromatic N) is 5. The van der Waals surface area contributed by atoms with E-state index in [4.69, 9.17) is 5.11 Å². The quantitative estimate of drug-likeness (QED) is 0.839. The van der Waals surface area contributed by atoms with E-state index in [1.54, 1.807) is 4.80 Å². The highest BCUT2D eigenvalue weighted by molar-refractivity contribution is 5.85. The number of carbonyl (C=O) groups is 1. The van der Waals surface area contributed by atoms with Crippen molar-refractivity contribution >= 4 is 18.4 Å². The van der Waals surface area contributed by atoms with Gasteiger partial charge in [-0.3, -0.25) is 14.6 Å². The molecule has 2 heterocycles. The molecule has 0 radical (unpaired) electrons. The molecule has 1 aromatic heterocycles. The van der Waals surface area contributed by atoms with Crippen LogP contribution in [0.25, 0.3) is 5.69 Å². The molecule has 1 fully saturated rings. The molecule has 7 nitrogen and oxygen atoms in total. The number of carboxylic acids is 1. The van der Waals surface area contributed by atoms with Gasteiger partial charge in [0.2, 0.25) is 0 Å². The van der Waals surface area contributed by atoms with Crippen molar-refractivity contribution in [3.63, 3.8) is 0 Å². The molecule has 2 aromatic rings. The first-order valence-corrected chi connectivity index (χ1v) is 8.23. The molecule has 0 atom stereocenters. The Balaban J connectivity index is 0.00000225. The molecular weight excluding hydrogens is 342 g/mol. The maximum Gasteiger partial charge on any atom is 0.317 e. The van der Waals surface area contributed by atoms with Crippen LogP contribution in [0, 0.1) is 0 Å². The molecule has 1 saturated heterocycles. The minimum Gasteiger partial charge on any atom is -0.480 e. The Hall–Kier alpha value is -1.96. The Morgan fingerprint density at radius 1 is 1.28 bits per heavy atom. The molecule has 0 saturated carbocycles. The topological polar surface area (TPSA) is 74.5 Å². The first-order valence-electron chi connectivity index (χ1n) is 8.23. The number of piperidine rings is 1. The van der Waals surface area contributed by atoms with E-state index in [0.717, 1.165) is 43.9 Å². The van der Waals surface area contributed by atoms with Gasteiger partial charge in [0.25, 0.3) is 0 Å². The minimum atomic E-state index is -0.766. The summed E-state index contributed by atoms with van der Waals surface area (Å²) in [5.74, 6) is -0.766. The number of hydrogen-bond donors (Lipinski definition) is 1. The average molecular weight is 366 g/mol. The number of likely N-dealkylation sites (tertiary alicyclic amines) is 1. The zero-order valence-electron chi connectivity index (χ0n) is 14.3. The highest BCUT2D eigenvalue weighted by atomic mass is 35.5. The van der Waals surface area contributed by atoms with Crippen molar-refractivity contribution in [3.8, 4) is 5.69 Å². The van der Waals surface area contributed by atoms with Crippen LogP contribution in [0.2, 0.25) is 0 Å². The Morgan fingerprint density at radius 3 is 2.60 bits per heavy atom. The summed E-state index contributed by atoms with van der Waals surface area (Å²) in [6, 6.07) is 10.2. The largest absolute Gasteiger partial charge is 0.480 e. The fraction of sp³-hybridized carbons (Fsp3) is 0.471. The van der Waals surface area contributed by atoms with Gasteiger partial charge < -0.3 is 5.11 Å².